The van der Waals surface area contributed by atoms with Gasteiger partial charge in [-0.15, -0.1) is 0 Å². The Morgan fingerprint density at radius 1 is 1.03 bits per heavy atom. The van der Waals surface area contributed by atoms with E-state index >= 15 is 0 Å². The SMILES string of the molecule is CCCCN1C(=CC=CC=CC2=[N+](C)c3ccc(S(=O)(=O)O)cc3C2(C)C)C(C)(C)c2cc([N+](=O)[O-])ccc21. The zero-order valence-electron chi connectivity index (χ0n) is 23.3. The Morgan fingerprint density at radius 3 is 2.38 bits per heavy atom. The van der Waals surface area contributed by atoms with Gasteiger partial charge < -0.3 is 4.90 Å². The molecule has 2 aromatic rings. The van der Waals surface area contributed by atoms with Gasteiger partial charge in [-0.25, -0.2) is 0 Å². The minimum absolute atomic E-state index is 0.0991. The minimum atomic E-state index is -4.29. The van der Waals surface area contributed by atoms with Gasteiger partial charge in [0.2, 0.25) is 5.69 Å². The molecule has 9 heteroatoms. The van der Waals surface area contributed by atoms with Crippen LogP contribution in [0.4, 0.5) is 17.1 Å². The van der Waals surface area contributed by atoms with E-state index in [9.17, 15) is 23.1 Å². The number of fused-ring (bicyclic) bond motifs is 2. The van der Waals surface area contributed by atoms with Gasteiger partial charge in [0, 0.05) is 53.2 Å². The van der Waals surface area contributed by atoms with Gasteiger partial charge in [0.15, 0.2) is 5.71 Å². The lowest BCUT2D eigenvalue weighted by Crippen LogP contribution is -2.27. The van der Waals surface area contributed by atoms with Gasteiger partial charge in [0.05, 0.1) is 15.2 Å². The zero-order valence-corrected chi connectivity index (χ0v) is 24.1. The molecule has 206 valence electrons. The number of nitrogens with zero attached hydrogens (tertiary/aromatic N) is 3. The van der Waals surface area contributed by atoms with Crippen LogP contribution in [-0.2, 0) is 20.9 Å². The van der Waals surface area contributed by atoms with Crippen molar-refractivity contribution in [3.63, 3.8) is 0 Å². The predicted molar refractivity (Wildman–Crippen MR) is 155 cm³/mol. The molecule has 0 atom stereocenters. The lowest BCUT2D eigenvalue weighted by Gasteiger charge is -2.26. The van der Waals surface area contributed by atoms with Gasteiger partial charge in [0.25, 0.3) is 15.8 Å². The first kappa shape index (κ1) is 28.4. The molecular weight excluding hydrogens is 514 g/mol. The lowest BCUT2D eigenvalue weighted by molar-refractivity contribution is -0.401. The molecule has 1 N–H and O–H groups in total. The Kier molecular flexibility index (Phi) is 7.44. The molecule has 0 saturated carbocycles. The maximum atomic E-state index is 11.7. The largest absolute Gasteiger partial charge is 0.344 e. The summed E-state index contributed by atoms with van der Waals surface area (Å²) in [4.78, 5) is 13.2. The molecule has 0 amide bonds. The van der Waals surface area contributed by atoms with Gasteiger partial charge in [-0.2, -0.15) is 13.0 Å². The number of anilines is 1. The van der Waals surface area contributed by atoms with E-state index in [4.69, 9.17) is 0 Å². The summed E-state index contributed by atoms with van der Waals surface area (Å²) in [6, 6.07) is 9.80. The number of rotatable bonds is 8. The monoisotopic (exact) mass is 550 g/mol. The number of non-ortho nitro benzene ring substituents is 1. The summed E-state index contributed by atoms with van der Waals surface area (Å²) in [5.74, 6) is 0. The molecule has 2 aliphatic heterocycles. The van der Waals surface area contributed by atoms with Crippen molar-refractivity contribution >= 4 is 32.9 Å². The van der Waals surface area contributed by atoms with Crippen LogP contribution in [0.5, 0.6) is 0 Å². The Morgan fingerprint density at radius 2 is 1.74 bits per heavy atom. The van der Waals surface area contributed by atoms with E-state index in [1.165, 1.54) is 12.1 Å². The second-order valence-corrected chi connectivity index (χ2v) is 12.5. The number of benzene rings is 2. The Hall–Kier alpha value is -3.56. The standard InChI is InChI=1S/C30H35N3O5S/c1-7-8-18-32-26-16-14-21(33(34)35)19-23(26)30(4,5)28(32)13-11-9-10-12-27-29(2,3)24-20-22(39(36,37)38)15-17-25(24)31(27)6/h9-17,19-20H,7-8,18H2,1-6H3/p+1. The first-order valence-electron chi connectivity index (χ1n) is 13.1. The summed E-state index contributed by atoms with van der Waals surface area (Å²) in [5, 5.41) is 11.4. The van der Waals surface area contributed by atoms with Crippen LogP contribution in [0, 0.1) is 10.1 Å². The van der Waals surface area contributed by atoms with E-state index < -0.39 is 20.9 Å². The molecule has 2 aliphatic rings. The van der Waals surface area contributed by atoms with Crippen molar-refractivity contribution in [3.8, 4) is 0 Å². The summed E-state index contributed by atoms with van der Waals surface area (Å²) in [7, 11) is -2.35. The molecule has 0 bridgehead atoms. The molecule has 2 heterocycles. The van der Waals surface area contributed by atoms with E-state index in [1.807, 2.05) is 55.8 Å². The quantitative estimate of drug-likeness (QED) is 0.133. The van der Waals surface area contributed by atoms with Crippen LogP contribution in [0.2, 0.25) is 0 Å². The highest BCUT2D eigenvalue weighted by Gasteiger charge is 2.43. The number of hydrogen-bond acceptors (Lipinski definition) is 5. The van der Waals surface area contributed by atoms with E-state index in [0.717, 1.165) is 53.3 Å². The Bertz CT molecular complexity index is 1560. The average molecular weight is 551 g/mol. The fraction of sp³-hybridized carbons (Fsp3) is 0.367. The third-order valence-electron chi connectivity index (χ3n) is 7.85. The summed E-state index contributed by atoms with van der Waals surface area (Å²) in [5.41, 5.74) is 5.02. The van der Waals surface area contributed by atoms with Crippen LogP contribution >= 0.6 is 0 Å². The van der Waals surface area contributed by atoms with Crippen molar-refractivity contribution in [1.29, 1.82) is 0 Å². The van der Waals surface area contributed by atoms with Gasteiger partial charge in [-0.1, -0.05) is 45.4 Å². The van der Waals surface area contributed by atoms with Crippen LogP contribution in [0.1, 0.15) is 58.6 Å². The topological polar surface area (TPSA) is 104 Å². The number of hydrogen-bond donors (Lipinski definition) is 1. The number of unbranched alkanes of at least 4 members (excludes halogenated alkanes) is 1. The highest BCUT2D eigenvalue weighted by atomic mass is 32.2. The summed E-state index contributed by atoms with van der Waals surface area (Å²) in [6.45, 7) is 11.2. The van der Waals surface area contributed by atoms with Crippen LogP contribution < -0.4 is 4.90 Å². The number of allylic oxidation sites excluding steroid dienone is 6. The summed E-state index contributed by atoms with van der Waals surface area (Å²) < 4.78 is 34.9. The van der Waals surface area contributed by atoms with Crippen LogP contribution in [0.15, 0.2) is 77.4 Å². The zero-order chi connectivity index (χ0) is 28.8. The summed E-state index contributed by atoms with van der Waals surface area (Å²) in [6.07, 6.45) is 12.0. The van der Waals surface area contributed by atoms with Crippen molar-refractivity contribution in [2.45, 2.75) is 63.2 Å². The fourth-order valence-electron chi connectivity index (χ4n) is 5.67. The second kappa shape index (κ2) is 10.2. The molecular formula is C30H36N3O5S+. The minimum Gasteiger partial charge on any atom is -0.344 e. The fourth-order valence-corrected chi connectivity index (χ4v) is 6.17. The van der Waals surface area contributed by atoms with Gasteiger partial charge in [0.1, 0.15) is 7.05 Å². The maximum Gasteiger partial charge on any atom is 0.294 e. The van der Waals surface area contributed by atoms with Crippen LogP contribution in [0.25, 0.3) is 0 Å². The van der Waals surface area contributed by atoms with E-state index in [-0.39, 0.29) is 15.5 Å². The van der Waals surface area contributed by atoms with Crippen molar-refractivity contribution < 1.29 is 22.5 Å². The van der Waals surface area contributed by atoms with Crippen molar-refractivity contribution in [2.24, 2.45) is 0 Å². The van der Waals surface area contributed by atoms with E-state index in [1.54, 1.807) is 18.2 Å². The molecule has 8 nitrogen and oxygen atoms in total. The van der Waals surface area contributed by atoms with Gasteiger partial charge in [-0.05, 0) is 50.1 Å². The molecule has 0 aromatic heterocycles. The van der Waals surface area contributed by atoms with Gasteiger partial charge >= 0.3 is 0 Å². The number of nitro groups is 1. The molecule has 0 saturated heterocycles. The Balaban J connectivity index is 1.62. The molecule has 0 radical (unpaired) electrons. The average Bonchev–Trinajstić information content (AvgIpc) is 3.19. The Labute approximate surface area is 230 Å². The van der Waals surface area contributed by atoms with Crippen molar-refractivity contribution in [2.75, 3.05) is 18.5 Å². The molecule has 2 aromatic carbocycles. The molecule has 39 heavy (non-hydrogen) atoms. The number of nitro benzene ring substituents is 1. The molecule has 0 spiro atoms. The summed E-state index contributed by atoms with van der Waals surface area (Å²) >= 11 is 0. The van der Waals surface area contributed by atoms with Crippen LogP contribution in [-0.4, -0.2) is 41.8 Å². The van der Waals surface area contributed by atoms with E-state index in [0.29, 0.717) is 0 Å². The maximum absolute atomic E-state index is 11.7. The van der Waals surface area contributed by atoms with Gasteiger partial charge in [-0.3, -0.25) is 14.7 Å². The predicted octanol–water partition coefficient (Wildman–Crippen LogP) is 6.44. The van der Waals surface area contributed by atoms with Crippen LogP contribution in [0.3, 0.4) is 0 Å². The van der Waals surface area contributed by atoms with Crippen molar-refractivity contribution in [3.05, 3.63) is 93.7 Å². The van der Waals surface area contributed by atoms with E-state index in [2.05, 4.69) is 31.7 Å². The normalized spacial score (nSPS) is 18.9. The molecule has 0 fully saturated rings. The second-order valence-electron chi connectivity index (χ2n) is 11.1. The highest BCUT2D eigenvalue weighted by Crippen LogP contribution is 2.49. The smallest absolute Gasteiger partial charge is 0.294 e. The highest BCUT2D eigenvalue weighted by molar-refractivity contribution is 7.85. The molecule has 4 rings (SSSR count). The first-order chi connectivity index (χ1) is 18.2. The molecule has 0 unspecified atom stereocenters. The third-order valence-corrected chi connectivity index (χ3v) is 8.70. The van der Waals surface area contributed by atoms with Crippen molar-refractivity contribution in [1.82, 2.24) is 0 Å². The first-order valence-corrected chi connectivity index (χ1v) is 14.5. The lowest BCUT2D eigenvalue weighted by atomic mass is 9.81. The molecule has 0 aliphatic carbocycles. The third kappa shape index (κ3) is 5.08.